The molecule has 1 aromatic heterocycles. The fourth-order valence-corrected chi connectivity index (χ4v) is 5.61. The Bertz CT molecular complexity index is 1380. The van der Waals surface area contributed by atoms with Crippen molar-refractivity contribution in [3.8, 4) is 5.75 Å². The second-order valence-corrected chi connectivity index (χ2v) is 11.5. The van der Waals surface area contributed by atoms with Crippen LogP contribution in [0.2, 0.25) is 5.02 Å². The van der Waals surface area contributed by atoms with Crippen molar-refractivity contribution in [3.05, 3.63) is 89.2 Å². The quantitative estimate of drug-likeness (QED) is 0.367. The van der Waals surface area contributed by atoms with Crippen LogP contribution in [-0.2, 0) is 37.4 Å². The van der Waals surface area contributed by atoms with Crippen molar-refractivity contribution >= 4 is 33.4 Å². The maximum absolute atomic E-state index is 13.3. The van der Waals surface area contributed by atoms with Gasteiger partial charge < -0.3 is 19.7 Å². The van der Waals surface area contributed by atoms with Gasteiger partial charge in [0.15, 0.2) is 6.61 Å². The van der Waals surface area contributed by atoms with Gasteiger partial charge in [-0.2, -0.15) is 4.31 Å². The summed E-state index contributed by atoms with van der Waals surface area (Å²) in [5.41, 5.74) is 1.68. The number of carbonyl (C=O) groups is 2. The molecule has 1 aliphatic heterocycles. The topological polar surface area (TPSA) is 118 Å². The van der Waals surface area contributed by atoms with Crippen LogP contribution in [-0.4, -0.2) is 73.4 Å². The van der Waals surface area contributed by atoms with Gasteiger partial charge in [0, 0.05) is 43.6 Å². The van der Waals surface area contributed by atoms with E-state index in [1.807, 2.05) is 0 Å². The number of hydrogen-bond acceptors (Lipinski definition) is 7. The fourth-order valence-electron chi connectivity index (χ4n) is 4.08. The molecule has 2 amide bonds. The van der Waals surface area contributed by atoms with Crippen LogP contribution in [0.5, 0.6) is 5.75 Å². The van der Waals surface area contributed by atoms with Crippen LogP contribution in [0.4, 0.5) is 0 Å². The Morgan fingerprint density at radius 1 is 1.02 bits per heavy atom. The van der Waals surface area contributed by atoms with Gasteiger partial charge in [-0.3, -0.25) is 14.6 Å². The van der Waals surface area contributed by atoms with Crippen LogP contribution in [0.1, 0.15) is 18.1 Å². The van der Waals surface area contributed by atoms with Gasteiger partial charge in [0.25, 0.3) is 5.91 Å². The Kier molecular flexibility index (Phi) is 10.1. The molecule has 2 aromatic carbocycles. The van der Waals surface area contributed by atoms with Gasteiger partial charge in [0.05, 0.1) is 18.1 Å². The van der Waals surface area contributed by atoms with Gasteiger partial charge in [-0.1, -0.05) is 23.7 Å². The predicted octanol–water partition coefficient (Wildman–Crippen LogP) is 2.87. The zero-order valence-corrected chi connectivity index (χ0v) is 23.6. The van der Waals surface area contributed by atoms with Crippen LogP contribution in [0.15, 0.2) is 78.0 Å². The zero-order valence-electron chi connectivity index (χ0n) is 22.0. The number of ether oxygens (including phenoxy) is 2. The SMILES string of the molecule is C[C@@H](C(=O)NCc1ccncc1)N(Cc1ccc(Cl)cc1)C(=O)COc1ccc(S(=O)(=O)N2CCOCC2)cc1. The van der Waals surface area contributed by atoms with Gasteiger partial charge in [-0.25, -0.2) is 8.42 Å². The number of morpholine rings is 1. The van der Waals surface area contributed by atoms with Crippen molar-refractivity contribution in [1.82, 2.24) is 19.5 Å². The van der Waals surface area contributed by atoms with Crippen molar-refractivity contribution in [3.63, 3.8) is 0 Å². The first kappa shape index (κ1) is 29.5. The van der Waals surface area contributed by atoms with Crippen molar-refractivity contribution in [2.75, 3.05) is 32.9 Å². The molecule has 1 aliphatic rings. The molecule has 1 atom stereocenters. The lowest BCUT2D eigenvalue weighted by Gasteiger charge is -2.29. The Morgan fingerprint density at radius 3 is 2.33 bits per heavy atom. The molecule has 0 radical (unpaired) electrons. The van der Waals surface area contributed by atoms with E-state index in [-0.39, 0.29) is 24.0 Å². The molecule has 212 valence electrons. The van der Waals surface area contributed by atoms with Crippen LogP contribution in [0, 0.1) is 0 Å². The first-order valence-electron chi connectivity index (χ1n) is 12.8. The summed E-state index contributed by atoms with van der Waals surface area (Å²) in [6.07, 6.45) is 3.28. The second kappa shape index (κ2) is 13.7. The normalized spacial score (nSPS) is 14.8. The molecule has 0 saturated carbocycles. The average Bonchev–Trinajstić information content (AvgIpc) is 2.99. The van der Waals surface area contributed by atoms with E-state index in [0.29, 0.717) is 43.6 Å². The maximum atomic E-state index is 13.3. The molecule has 10 nitrogen and oxygen atoms in total. The van der Waals surface area contributed by atoms with Gasteiger partial charge in [0.2, 0.25) is 15.9 Å². The minimum Gasteiger partial charge on any atom is -0.484 e. The summed E-state index contributed by atoms with van der Waals surface area (Å²) < 4.78 is 38.0. The third-order valence-electron chi connectivity index (χ3n) is 6.44. The van der Waals surface area contributed by atoms with Gasteiger partial charge >= 0.3 is 0 Å². The molecular weight excluding hydrogens is 556 g/mol. The molecular formula is C28H31ClN4O6S. The Labute approximate surface area is 238 Å². The van der Waals surface area contributed by atoms with E-state index in [2.05, 4.69) is 10.3 Å². The third-order valence-corrected chi connectivity index (χ3v) is 8.61. The summed E-state index contributed by atoms with van der Waals surface area (Å²) in [6.45, 7) is 3.08. The highest BCUT2D eigenvalue weighted by Crippen LogP contribution is 2.21. The van der Waals surface area contributed by atoms with E-state index in [1.54, 1.807) is 55.7 Å². The summed E-state index contributed by atoms with van der Waals surface area (Å²) in [4.78, 5) is 31.8. The Morgan fingerprint density at radius 2 is 1.68 bits per heavy atom. The number of hydrogen-bond donors (Lipinski definition) is 1. The van der Waals surface area contributed by atoms with E-state index in [9.17, 15) is 18.0 Å². The first-order chi connectivity index (χ1) is 19.2. The second-order valence-electron chi connectivity index (χ2n) is 9.17. The summed E-state index contributed by atoms with van der Waals surface area (Å²) in [6, 6.07) is 15.7. The van der Waals surface area contributed by atoms with Crippen LogP contribution < -0.4 is 10.1 Å². The van der Waals surface area contributed by atoms with E-state index in [1.165, 1.54) is 33.5 Å². The number of aromatic nitrogens is 1. The predicted molar refractivity (Wildman–Crippen MR) is 149 cm³/mol. The largest absolute Gasteiger partial charge is 0.484 e. The molecule has 40 heavy (non-hydrogen) atoms. The number of sulfonamides is 1. The molecule has 12 heteroatoms. The lowest BCUT2D eigenvalue weighted by atomic mass is 10.1. The summed E-state index contributed by atoms with van der Waals surface area (Å²) in [7, 11) is -3.64. The number of pyridine rings is 1. The standard InChI is InChI=1S/C28H31ClN4O6S/c1-21(28(35)31-18-22-10-12-30-13-11-22)33(19-23-2-4-24(29)5-3-23)27(34)20-39-25-6-8-26(9-7-25)40(36,37)32-14-16-38-17-15-32/h2-13,21H,14-20H2,1H3,(H,31,35)/t21-/m0/s1. The zero-order chi connectivity index (χ0) is 28.5. The lowest BCUT2D eigenvalue weighted by Crippen LogP contribution is -2.48. The molecule has 0 unspecified atom stereocenters. The molecule has 2 heterocycles. The minimum atomic E-state index is -3.64. The van der Waals surface area contributed by atoms with E-state index >= 15 is 0 Å². The molecule has 0 aliphatic carbocycles. The van der Waals surface area contributed by atoms with Crippen molar-refractivity contribution in [2.24, 2.45) is 0 Å². The molecule has 0 bridgehead atoms. The summed E-state index contributed by atoms with van der Waals surface area (Å²) in [5.74, 6) is -0.404. The minimum absolute atomic E-state index is 0.136. The number of nitrogens with zero attached hydrogens (tertiary/aromatic N) is 3. The highest BCUT2D eigenvalue weighted by molar-refractivity contribution is 7.89. The molecule has 3 aromatic rings. The van der Waals surface area contributed by atoms with Gasteiger partial charge in [0.1, 0.15) is 11.8 Å². The fraction of sp³-hybridized carbons (Fsp3) is 0.321. The van der Waals surface area contributed by atoms with Crippen molar-refractivity contribution in [1.29, 1.82) is 0 Å². The summed E-state index contributed by atoms with van der Waals surface area (Å²) >= 11 is 6.01. The number of amides is 2. The van der Waals surface area contributed by atoms with Gasteiger partial charge in [-0.15, -0.1) is 0 Å². The van der Waals surface area contributed by atoms with Crippen LogP contribution >= 0.6 is 11.6 Å². The number of carbonyl (C=O) groups excluding carboxylic acids is 2. The number of rotatable bonds is 11. The maximum Gasteiger partial charge on any atom is 0.261 e. The Balaban J connectivity index is 1.41. The van der Waals surface area contributed by atoms with Crippen LogP contribution in [0.25, 0.3) is 0 Å². The number of benzene rings is 2. The van der Waals surface area contributed by atoms with Crippen molar-refractivity contribution in [2.45, 2.75) is 31.0 Å². The van der Waals surface area contributed by atoms with E-state index in [4.69, 9.17) is 21.1 Å². The molecule has 1 fully saturated rings. The van der Waals surface area contributed by atoms with Crippen LogP contribution in [0.3, 0.4) is 0 Å². The monoisotopic (exact) mass is 586 g/mol. The number of halogens is 1. The molecule has 0 spiro atoms. The smallest absolute Gasteiger partial charge is 0.261 e. The molecule has 1 N–H and O–H groups in total. The first-order valence-corrected chi connectivity index (χ1v) is 14.6. The summed E-state index contributed by atoms with van der Waals surface area (Å²) in [5, 5.41) is 3.42. The van der Waals surface area contributed by atoms with Crippen molar-refractivity contribution < 1.29 is 27.5 Å². The molecule has 4 rings (SSSR count). The number of nitrogens with one attached hydrogen (secondary N) is 1. The van der Waals surface area contributed by atoms with E-state index < -0.39 is 22.0 Å². The third kappa shape index (κ3) is 7.79. The van der Waals surface area contributed by atoms with E-state index in [0.717, 1.165) is 11.1 Å². The molecule has 1 saturated heterocycles. The average molecular weight is 587 g/mol. The van der Waals surface area contributed by atoms with Gasteiger partial charge in [-0.05, 0) is 66.6 Å². The highest BCUT2D eigenvalue weighted by Gasteiger charge is 2.28. The highest BCUT2D eigenvalue weighted by atomic mass is 35.5. The lowest BCUT2D eigenvalue weighted by molar-refractivity contribution is -0.142. The Hall–Kier alpha value is -3.51.